The van der Waals surface area contributed by atoms with Crippen LogP contribution in [0.1, 0.15) is 34.3 Å². The van der Waals surface area contributed by atoms with Gasteiger partial charge in [0.25, 0.3) is 0 Å². The number of aryl methyl sites for hydroxylation is 1. The summed E-state index contributed by atoms with van der Waals surface area (Å²) in [6, 6.07) is 13.2. The van der Waals surface area contributed by atoms with Gasteiger partial charge in [-0.25, -0.2) is 0 Å². The second-order valence-corrected chi connectivity index (χ2v) is 6.54. The average Bonchev–Trinajstić information content (AvgIpc) is 2.70. The van der Waals surface area contributed by atoms with Crippen molar-refractivity contribution >= 4 is 11.7 Å². The predicted octanol–water partition coefficient (Wildman–Crippen LogP) is 3.68. The number of Topliss-reactive ketones (excluding diaryl/α,β-unsaturated/α-hetero) is 1. The molecule has 0 atom stereocenters. The standard InChI is InChI=1S/C22H27NO4/c1-16-5-8-18(9-6-16)19(24)10-12-22(25)23(2)14-13-17-7-11-20(26-3)21(15-17)27-4/h5-9,11,15H,10,12-14H2,1-4H3. The van der Waals surface area contributed by atoms with Crippen molar-refractivity contribution in [3.8, 4) is 11.5 Å². The van der Waals surface area contributed by atoms with Crippen molar-refractivity contribution in [2.75, 3.05) is 27.8 Å². The van der Waals surface area contributed by atoms with Gasteiger partial charge in [-0.05, 0) is 31.0 Å². The SMILES string of the molecule is COc1ccc(CCN(C)C(=O)CCC(=O)c2ccc(C)cc2)cc1OC. The van der Waals surface area contributed by atoms with Crippen LogP contribution in [0.25, 0.3) is 0 Å². The van der Waals surface area contributed by atoms with Gasteiger partial charge in [-0.3, -0.25) is 9.59 Å². The molecule has 2 aromatic carbocycles. The largest absolute Gasteiger partial charge is 0.493 e. The summed E-state index contributed by atoms with van der Waals surface area (Å²) in [6.45, 7) is 2.55. The summed E-state index contributed by atoms with van der Waals surface area (Å²) in [5.41, 5.74) is 2.82. The Hall–Kier alpha value is -2.82. The molecule has 0 heterocycles. The van der Waals surface area contributed by atoms with Gasteiger partial charge in [0.2, 0.25) is 5.91 Å². The minimum Gasteiger partial charge on any atom is -0.493 e. The fourth-order valence-corrected chi connectivity index (χ4v) is 2.75. The highest BCUT2D eigenvalue weighted by molar-refractivity contribution is 5.97. The van der Waals surface area contributed by atoms with E-state index >= 15 is 0 Å². The third kappa shape index (κ3) is 5.84. The van der Waals surface area contributed by atoms with Crippen LogP contribution in [0.4, 0.5) is 0 Å². The Bertz CT molecular complexity index is 783. The molecule has 27 heavy (non-hydrogen) atoms. The van der Waals surface area contributed by atoms with Crippen molar-refractivity contribution in [3.05, 3.63) is 59.2 Å². The number of hydrogen-bond donors (Lipinski definition) is 0. The highest BCUT2D eigenvalue weighted by atomic mass is 16.5. The molecule has 2 rings (SSSR count). The highest BCUT2D eigenvalue weighted by Crippen LogP contribution is 2.27. The molecule has 0 N–H and O–H groups in total. The third-order valence-corrected chi connectivity index (χ3v) is 4.55. The normalized spacial score (nSPS) is 10.4. The summed E-state index contributed by atoms with van der Waals surface area (Å²) < 4.78 is 10.5. The fourth-order valence-electron chi connectivity index (χ4n) is 2.75. The number of ether oxygens (including phenoxy) is 2. The molecule has 0 fully saturated rings. The molecule has 1 amide bonds. The molecule has 0 saturated heterocycles. The Kier molecular flexibility index (Phi) is 7.41. The lowest BCUT2D eigenvalue weighted by atomic mass is 10.0. The molecule has 144 valence electrons. The maximum atomic E-state index is 12.3. The Balaban J connectivity index is 1.83. The topological polar surface area (TPSA) is 55.8 Å². The predicted molar refractivity (Wildman–Crippen MR) is 106 cm³/mol. The number of carbonyl (C=O) groups excluding carboxylic acids is 2. The molecular weight excluding hydrogens is 342 g/mol. The molecule has 5 nitrogen and oxygen atoms in total. The number of carbonyl (C=O) groups is 2. The monoisotopic (exact) mass is 369 g/mol. The summed E-state index contributed by atoms with van der Waals surface area (Å²) >= 11 is 0. The minimum atomic E-state index is -0.0315. The summed E-state index contributed by atoms with van der Waals surface area (Å²) in [7, 11) is 4.96. The van der Waals surface area contributed by atoms with Gasteiger partial charge in [-0.15, -0.1) is 0 Å². The molecule has 0 aromatic heterocycles. The molecule has 2 aromatic rings. The van der Waals surface area contributed by atoms with Crippen LogP contribution in [0.5, 0.6) is 11.5 Å². The zero-order chi connectivity index (χ0) is 19.8. The van der Waals surface area contributed by atoms with Crippen LogP contribution in [0.15, 0.2) is 42.5 Å². The van der Waals surface area contributed by atoms with Crippen LogP contribution in [0.2, 0.25) is 0 Å². The second-order valence-electron chi connectivity index (χ2n) is 6.54. The van der Waals surface area contributed by atoms with E-state index in [-0.39, 0.29) is 24.5 Å². The van der Waals surface area contributed by atoms with Crippen LogP contribution in [0, 0.1) is 6.92 Å². The lowest BCUT2D eigenvalue weighted by molar-refractivity contribution is -0.129. The van der Waals surface area contributed by atoms with Crippen LogP contribution in [0.3, 0.4) is 0 Å². The number of rotatable bonds is 9. The first-order chi connectivity index (χ1) is 12.9. The number of likely N-dealkylation sites (N-methyl/N-ethyl adjacent to an activating group) is 1. The van der Waals surface area contributed by atoms with E-state index in [2.05, 4.69) is 0 Å². The lowest BCUT2D eigenvalue weighted by Gasteiger charge is -2.17. The Morgan fingerprint density at radius 1 is 0.926 bits per heavy atom. The third-order valence-electron chi connectivity index (χ3n) is 4.55. The van der Waals surface area contributed by atoms with Crippen molar-refractivity contribution in [2.45, 2.75) is 26.2 Å². The smallest absolute Gasteiger partial charge is 0.222 e. The van der Waals surface area contributed by atoms with Crippen molar-refractivity contribution < 1.29 is 19.1 Å². The van der Waals surface area contributed by atoms with Crippen LogP contribution in [-0.4, -0.2) is 44.4 Å². The number of hydrogen-bond acceptors (Lipinski definition) is 4. The van der Waals surface area contributed by atoms with Gasteiger partial charge in [-0.1, -0.05) is 35.9 Å². The van der Waals surface area contributed by atoms with Gasteiger partial charge in [0.15, 0.2) is 17.3 Å². The number of benzene rings is 2. The van der Waals surface area contributed by atoms with E-state index in [0.717, 1.165) is 11.1 Å². The minimum absolute atomic E-state index is 0.00311. The van der Waals surface area contributed by atoms with E-state index in [4.69, 9.17) is 9.47 Å². The highest BCUT2D eigenvalue weighted by Gasteiger charge is 2.13. The number of ketones is 1. The molecular formula is C22H27NO4. The summed E-state index contributed by atoms with van der Waals surface area (Å²) in [6.07, 6.45) is 1.15. The molecule has 0 bridgehead atoms. The average molecular weight is 369 g/mol. The number of nitrogens with zero attached hydrogens (tertiary/aromatic N) is 1. The van der Waals surface area contributed by atoms with Gasteiger partial charge in [0.05, 0.1) is 14.2 Å². The van der Waals surface area contributed by atoms with Gasteiger partial charge < -0.3 is 14.4 Å². The van der Waals surface area contributed by atoms with E-state index in [1.54, 1.807) is 26.2 Å². The van der Waals surface area contributed by atoms with E-state index < -0.39 is 0 Å². The zero-order valence-corrected chi connectivity index (χ0v) is 16.5. The van der Waals surface area contributed by atoms with Crippen LogP contribution < -0.4 is 9.47 Å². The van der Waals surface area contributed by atoms with Crippen molar-refractivity contribution in [3.63, 3.8) is 0 Å². The van der Waals surface area contributed by atoms with E-state index in [0.29, 0.717) is 30.0 Å². The van der Waals surface area contributed by atoms with Crippen LogP contribution in [-0.2, 0) is 11.2 Å². The fraction of sp³-hybridized carbons (Fsp3) is 0.364. The molecule has 0 unspecified atom stereocenters. The van der Waals surface area contributed by atoms with Crippen molar-refractivity contribution in [1.29, 1.82) is 0 Å². The molecule has 0 spiro atoms. The van der Waals surface area contributed by atoms with Gasteiger partial charge in [-0.2, -0.15) is 0 Å². The summed E-state index contributed by atoms with van der Waals surface area (Å²) in [5.74, 6) is 1.32. The van der Waals surface area contributed by atoms with Crippen LogP contribution >= 0.6 is 0 Å². The first-order valence-electron chi connectivity index (χ1n) is 8.99. The Morgan fingerprint density at radius 2 is 1.59 bits per heavy atom. The first-order valence-corrected chi connectivity index (χ1v) is 8.99. The van der Waals surface area contributed by atoms with E-state index in [1.165, 1.54) is 0 Å². The van der Waals surface area contributed by atoms with Crippen molar-refractivity contribution in [1.82, 2.24) is 4.90 Å². The van der Waals surface area contributed by atoms with E-state index in [1.807, 2.05) is 49.4 Å². The van der Waals surface area contributed by atoms with Gasteiger partial charge in [0, 0.05) is 32.0 Å². The zero-order valence-electron chi connectivity index (χ0n) is 16.5. The van der Waals surface area contributed by atoms with Crippen molar-refractivity contribution in [2.24, 2.45) is 0 Å². The lowest BCUT2D eigenvalue weighted by Crippen LogP contribution is -2.29. The maximum absolute atomic E-state index is 12.3. The Labute approximate surface area is 160 Å². The molecule has 0 aliphatic carbocycles. The molecule has 0 aliphatic rings. The Morgan fingerprint density at radius 3 is 2.22 bits per heavy atom. The molecule has 0 saturated carbocycles. The number of amides is 1. The van der Waals surface area contributed by atoms with Gasteiger partial charge >= 0.3 is 0 Å². The number of methoxy groups -OCH3 is 2. The van der Waals surface area contributed by atoms with E-state index in [9.17, 15) is 9.59 Å². The first kappa shape index (κ1) is 20.5. The second kappa shape index (κ2) is 9.76. The summed E-state index contributed by atoms with van der Waals surface area (Å²) in [4.78, 5) is 26.2. The van der Waals surface area contributed by atoms with Gasteiger partial charge in [0.1, 0.15) is 0 Å². The quantitative estimate of drug-likeness (QED) is 0.633. The molecule has 0 radical (unpaired) electrons. The molecule has 0 aliphatic heterocycles. The maximum Gasteiger partial charge on any atom is 0.222 e. The summed E-state index contributed by atoms with van der Waals surface area (Å²) in [5, 5.41) is 0. The molecule has 5 heteroatoms.